The smallest absolute Gasteiger partial charge is 0.312 e. The highest BCUT2D eigenvalue weighted by Gasteiger charge is 2.20. The molecule has 0 saturated carbocycles. The van der Waals surface area contributed by atoms with Crippen LogP contribution in [0.5, 0.6) is 17.4 Å². The number of hydrogen-bond donors (Lipinski definition) is 0. The van der Waals surface area contributed by atoms with Crippen LogP contribution >= 0.6 is 27.5 Å². The predicted octanol–water partition coefficient (Wildman–Crippen LogP) is 3.60. The number of halogens is 2. The van der Waals surface area contributed by atoms with Gasteiger partial charge in [0.1, 0.15) is 6.33 Å². The summed E-state index contributed by atoms with van der Waals surface area (Å²) >= 11 is 8.98. The molecule has 9 heteroatoms. The Morgan fingerprint density at radius 1 is 1.40 bits per heavy atom. The van der Waals surface area contributed by atoms with Crippen LogP contribution in [0.4, 0.5) is 5.69 Å². The summed E-state index contributed by atoms with van der Waals surface area (Å²) in [6.07, 6.45) is 1.17. The highest BCUT2D eigenvalue weighted by molar-refractivity contribution is 9.10. The van der Waals surface area contributed by atoms with E-state index in [0.717, 1.165) is 0 Å². The van der Waals surface area contributed by atoms with Gasteiger partial charge in [0.25, 0.3) is 5.88 Å². The Hall–Kier alpha value is -1.93. The lowest BCUT2D eigenvalue weighted by atomic mass is 10.3. The third-order valence-electron chi connectivity index (χ3n) is 2.26. The minimum Gasteiger partial charge on any atom is -0.489 e. The Morgan fingerprint density at radius 3 is 2.80 bits per heavy atom. The van der Waals surface area contributed by atoms with E-state index in [9.17, 15) is 10.1 Å². The zero-order valence-corrected chi connectivity index (χ0v) is 12.4. The molecule has 2 aromatic rings. The number of benzene rings is 1. The number of nitro benzene ring substituents is 1. The minimum atomic E-state index is -0.560. The van der Waals surface area contributed by atoms with Gasteiger partial charge < -0.3 is 9.47 Å². The van der Waals surface area contributed by atoms with Crippen LogP contribution < -0.4 is 9.47 Å². The van der Waals surface area contributed by atoms with Gasteiger partial charge in [-0.15, -0.1) is 0 Å². The van der Waals surface area contributed by atoms with Gasteiger partial charge in [0.05, 0.1) is 12.0 Å². The Morgan fingerprint density at radius 2 is 2.15 bits per heavy atom. The molecule has 0 fully saturated rings. The van der Waals surface area contributed by atoms with Crippen molar-refractivity contribution in [3.8, 4) is 17.4 Å². The first-order valence-electron chi connectivity index (χ1n) is 5.19. The molecule has 0 saturated heterocycles. The van der Waals surface area contributed by atoms with Crippen molar-refractivity contribution in [2.24, 2.45) is 0 Å². The first-order valence-corrected chi connectivity index (χ1v) is 6.36. The zero-order valence-electron chi connectivity index (χ0n) is 10.0. The van der Waals surface area contributed by atoms with Crippen LogP contribution in [0.2, 0.25) is 5.15 Å². The summed E-state index contributed by atoms with van der Waals surface area (Å²) in [7, 11) is 1.37. The van der Waals surface area contributed by atoms with E-state index in [-0.39, 0.29) is 28.2 Å². The molecule has 0 aliphatic rings. The first kappa shape index (κ1) is 14.5. The summed E-state index contributed by atoms with van der Waals surface area (Å²) in [5.74, 6) is 0.121. The molecule has 0 bridgehead atoms. The molecule has 0 radical (unpaired) electrons. The number of aromatic nitrogens is 2. The molecule has 1 aromatic heterocycles. The molecule has 104 valence electrons. The zero-order chi connectivity index (χ0) is 14.7. The molecule has 0 aliphatic carbocycles. The second kappa shape index (κ2) is 6.02. The maximum absolute atomic E-state index is 11.0. The summed E-state index contributed by atoms with van der Waals surface area (Å²) in [4.78, 5) is 18.0. The Bertz CT molecular complexity index is 668. The van der Waals surface area contributed by atoms with Crippen LogP contribution in [0.25, 0.3) is 0 Å². The van der Waals surface area contributed by atoms with E-state index >= 15 is 0 Å². The van der Waals surface area contributed by atoms with Crippen LogP contribution in [-0.4, -0.2) is 22.0 Å². The number of methoxy groups -OCH3 is 1. The van der Waals surface area contributed by atoms with Gasteiger partial charge in [-0.1, -0.05) is 27.5 Å². The van der Waals surface area contributed by atoms with E-state index in [1.54, 1.807) is 6.07 Å². The molecule has 0 amide bonds. The third-order valence-corrected chi connectivity index (χ3v) is 3.02. The van der Waals surface area contributed by atoms with Crippen molar-refractivity contribution in [2.45, 2.75) is 0 Å². The monoisotopic (exact) mass is 359 g/mol. The van der Waals surface area contributed by atoms with Gasteiger partial charge in [0, 0.05) is 10.5 Å². The molecule has 0 spiro atoms. The van der Waals surface area contributed by atoms with Crippen molar-refractivity contribution in [3.05, 3.63) is 44.3 Å². The number of hydrogen-bond acceptors (Lipinski definition) is 6. The highest BCUT2D eigenvalue weighted by atomic mass is 79.9. The first-order chi connectivity index (χ1) is 9.52. The van der Waals surface area contributed by atoms with Crippen molar-refractivity contribution in [2.75, 3.05) is 7.11 Å². The molecular formula is C11H7BrClN3O4. The summed E-state index contributed by atoms with van der Waals surface area (Å²) in [6.45, 7) is 0. The summed E-state index contributed by atoms with van der Waals surface area (Å²) in [6, 6.07) is 4.37. The second-order valence-electron chi connectivity index (χ2n) is 3.47. The Kier molecular flexibility index (Phi) is 4.35. The largest absolute Gasteiger partial charge is 0.489 e. The van der Waals surface area contributed by atoms with E-state index in [0.29, 0.717) is 4.47 Å². The SMILES string of the molecule is COc1c(Cl)ncnc1Oc1ccc(Br)cc1[N+](=O)[O-]. The van der Waals surface area contributed by atoms with E-state index in [4.69, 9.17) is 21.1 Å². The quantitative estimate of drug-likeness (QED) is 0.470. The van der Waals surface area contributed by atoms with Gasteiger partial charge in [0.15, 0.2) is 5.15 Å². The molecule has 0 unspecified atom stereocenters. The summed E-state index contributed by atoms with van der Waals surface area (Å²) in [5.41, 5.74) is -0.212. The van der Waals surface area contributed by atoms with Crippen LogP contribution in [0.15, 0.2) is 29.0 Å². The molecular weight excluding hydrogens is 353 g/mol. The lowest BCUT2D eigenvalue weighted by molar-refractivity contribution is -0.385. The van der Waals surface area contributed by atoms with Crippen molar-refractivity contribution in [1.82, 2.24) is 9.97 Å². The molecule has 20 heavy (non-hydrogen) atoms. The van der Waals surface area contributed by atoms with Crippen LogP contribution in [-0.2, 0) is 0 Å². The fourth-order valence-electron chi connectivity index (χ4n) is 1.41. The molecule has 1 heterocycles. The lowest BCUT2D eigenvalue weighted by Crippen LogP contribution is -1.98. The van der Waals surface area contributed by atoms with Gasteiger partial charge in [-0.05, 0) is 12.1 Å². The molecule has 0 N–H and O–H groups in total. The maximum Gasteiger partial charge on any atom is 0.312 e. The highest BCUT2D eigenvalue weighted by Crippen LogP contribution is 2.38. The van der Waals surface area contributed by atoms with Crippen molar-refractivity contribution in [3.63, 3.8) is 0 Å². The van der Waals surface area contributed by atoms with Crippen LogP contribution in [0.1, 0.15) is 0 Å². The molecule has 2 rings (SSSR count). The van der Waals surface area contributed by atoms with Crippen LogP contribution in [0, 0.1) is 10.1 Å². The topological polar surface area (TPSA) is 87.4 Å². The summed E-state index contributed by atoms with van der Waals surface area (Å²) < 4.78 is 11.0. The van der Waals surface area contributed by atoms with Crippen LogP contribution in [0.3, 0.4) is 0 Å². The van der Waals surface area contributed by atoms with Crippen molar-refractivity contribution < 1.29 is 14.4 Å². The minimum absolute atomic E-state index is 0.00192. The average Bonchev–Trinajstić information content (AvgIpc) is 2.41. The number of nitrogens with zero attached hydrogens (tertiary/aromatic N) is 3. The fraction of sp³-hybridized carbons (Fsp3) is 0.0909. The fourth-order valence-corrected chi connectivity index (χ4v) is 1.96. The van der Waals surface area contributed by atoms with E-state index in [1.165, 1.54) is 25.6 Å². The van der Waals surface area contributed by atoms with E-state index in [2.05, 4.69) is 25.9 Å². The Balaban J connectivity index is 2.45. The second-order valence-corrected chi connectivity index (χ2v) is 4.75. The van der Waals surface area contributed by atoms with Crippen molar-refractivity contribution >= 4 is 33.2 Å². The third kappa shape index (κ3) is 2.97. The van der Waals surface area contributed by atoms with E-state index in [1.807, 2.05) is 0 Å². The standard InChI is InChI=1S/C11H7BrClN3O4/c1-19-9-10(13)14-5-15-11(9)20-8-3-2-6(12)4-7(8)16(17)18/h2-5H,1H3. The molecule has 0 aliphatic heterocycles. The summed E-state index contributed by atoms with van der Waals surface area (Å²) in [5, 5.41) is 11.1. The predicted molar refractivity (Wildman–Crippen MR) is 74.5 cm³/mol. The maximum atomic E-state index is 11.0. The molecule has 7 nitrogen and oxygen atoms in total. The van der Waals surface area contributed by atoms with Gasteiger partial charge in [0.2, 0.25) is 11.5 Å². The lowest BCUT2D eigenvalue weighted by Gasteiger charge is -2.09. The number of rotatable bonds is 4. The Labute approximate surface area is 126 Å². The van der Waals surface area contributed by atoms with Gasteiger partial charge in [-0.3, -0.25) is 10.1 Å². The van der Waals surface area contributed by atoms with Gasteiger partial charge in [-0.25, -0.2) is 4.98 Å². The normalized spacial score (nSPS) is 10.2. The molecule has 1 aromatic carbocycles. The molecule has 0 atom stereocenters. The van der Waals surface area contributed by atoms with Gasteiger partial charge >= 0.3 is 5.69 Å². The van der Waals surface area contributed by atoms with E-state index < -0.39 is 4.92 Å². The van der Waals surface area contributed by atoms with Gasteiger partial charge in [-0.2, -0.15) is 4.98 Å². The number of ether oxygens (including phenoxy) is 2. The van der Waals surface area contributed by atoms with Crippen molar-refractivity contribution in [1.29, 1.82) is 0 Å². The average molecular weight is 361 g/mol. The number of nitro groups is 1.